The van der Waals surface area contributed by atoms with Gasteiger partial charge in [-0.2, -0.15) is 0 Å². The molecule has 1 atom stereocenters. The summed E-state index contributed by atoms with van der Waals surface area (Å²) in [5.74, 6) is -1.03. The Morgan fingerprint density at radius 3 is 2.70 bits per heavy atom. The molecule has 1 rings (SSSR count). The average molecular weight is 285 g/mol. The maximum atomic E-state index is 12.3. The molecular formula is C13H23N3O4. The largest absolute Gasteiger partial charge is 0.481 e. The standard InChI is InChI=1S/C13H23N3O4/c1-4-9-11(19)14-7-8-16(9)12(20)15-13(2,3)6-5-10(17)18/h9H,4-8H2,1-3H3,(H,14,19)(H,15,20)(H,17,18). The number of nitrogens with one attached hydrogen (secondary N) is 2. The first-order chi connectivity index (χ1) is 9.26. The summed E-state index contributed by atoms with van der Waals surface area (Å²) in [5.41, 5.74) is -0.623. The zero-order valence-corrected chi connectivity index (χ0v) is 12.2. The third-order valence-electron chi connectivity index (χ3n) is 3.39. The molecule has 0 radical (unpaired) electrons. The molecule has 0 saturated carbocycles. The van der Waals surface area contributed by atoms with Gasteiger partial charge in [0.2, 0.25) is 5.91 Å². The Bertz CT molecular complexity index is 395. The fraction of sp³-hybridized carbons (Fsp3) is 0.769. The maximum absolute atomic E-state index is 12.3. The molecule has 3 N–H and O–H groups in total. The SMILES string of the molecule is CCC1C(=O)NCCN1C(=O)NC(C)(C)CCC(=O)O. The Morgan fingerprint density at radius 2 is 2.15 bits per heavy atom. The van der Waals surface area contributed by atoms with Crippen LogP contribution in [0, 0.1) is 0 Å². The van der Waals surface area contributed by atoms with Crippen LogP contribution >= 0.6 is 0 Å². The van der Waals surface area contributed by atoms with Crippen molar-refractivity contribution in [2.45, 2.75) is 51.6 Å². The van der Waals surface area contributed by atoms with Gasteiger partial charge in [0.05, 0.1) is 0 Å². The third-order valence-corrected chi connectivity index (χ3v) is 3.39. The van der Waals surface area contributed by atoms with E-state index in [4.69, 9.17) is 5.11 Å². The molecule has 0 aliphatic carbocycles. The molecule has 7 heteroatoms. The lowest BCUT2D eigenvalue weighted by Crippen LogP contribution is -2.61. The van der Waals surface area contributed by atoms with Gasteiger partial charge >= 0.3 is 12.0 Å². The third kappa shape index (κ3) is 4.40. The highest BCUT2D eigenvalue weighted by Crippen LogP contribution is 2.14. The van der Waals surface area contributed by atoms with Crippen molar-refractivity contribution < 1.29 is 19.5 Å². The van der Waals surface area contributed by atoms with Crippen molar-refractivity contribution in [2.24, 2.45) is 0 Å². The summed E-state index contributed by atoms with van der Waals surface area (Å²) in [6, 6.07) is -0.777. The molecule has 0 aromatic carbocycles. The number of carboxylic acid groups (broad SMARTS) is 1. The summed E-state index contributed by atoms with van der Waals surface area (Å²) in [6.45, 7) is 6.31. The minimum absolute atomic E-state index is 0.00896. The van der Waals surface area contributed by atoms with E-state index in [0.717, 1.165) is 0 Å². The van der Waals surface area contributed by atoms with Gasteiger partial charge in [0, 0.05) is 25.0 Å². The number of amides is 3. The van der Waals surface area contributed by atoms with Crippen LogP contribution < -0.4 is 10.6 Å². The van der Waals surface area contributed by atoms with E-state index >= 15 is 0 Å². The second-order valence-corrected chi connectivity index (χ2v) is 5.62. The number of carboxylic acids is 1. The number of hydrogen-bond acceptors (Lipinski definition) is 3. The molecule has 0 bridgehead atoms. The van der Waals surface area contributed by atoms with Gasteiger partial charge in [-0.3, -0.25) is 9.59 Å². The quantitative estimate of drug-likeness (QED) is 0.687. The zero-order valence-electron chi connectivity index (χ0n) is 12.2. The number of carbonyl (C=O) groups excluding carboxylic acids is 2. The van der Waals surface area contributed by atoms with E-state index < -0.39 is 17.6 Å². The Hall–Kier alpha value is -1.79. The van der Waals surface area contributed by atoms with Crippen LogP contribution in [0.3, 0.4) is 0 Å². The van der Waals surface area contributed by atoms with Crippen LogP contribution in [0.1, 0.15) is 40.0 Å². The summed E-state index contributed by atoms with van der Waals surface area (Å²) in [7, 11) is 0. The average Bonchev–Trinajstić information content (AvgIpc) is 2.35. The molecule has 1 unspecified atom stereocenters. The van der Waals surface area contributed by atoms with Gasteiger partial charge in [0.15, 0.2) is 0 Å². The number of carbonyl (C=O) groups is 3. The molecule has 1 aliphatic heterocycles. The van der Waals surface area contributed by atoms with E-state index in [0.29, 0.717) is 25.9 Å². The summed E-state index contributed by atoms with van der Waals surface area (Å²) in [4.78, 5) is 36.1. The molecule has 1 heterocycles. The van der Waals surface area contributed by atoms with E-state index in [1.807, 2.05) is 6.92 Å². The molecule has 0 aromatic rings. The molecule has 1 fully saturated rings. The van der Waals surface area contributed by atoms with Gasteiger partial charge in [0.1, 0.15) is 6.04 Å². The topological polar surface area (TPSA) is 98.7 Å². The highest BCUT2D eigenvalue weighted by Gasteiger charge is 2.33. The smallest absolute Gasteiger partial charge is 0.318 e. The summed E-state index contributed by atoms with van der Waals surface area (Å²) in [5, 5.41) is 14.2. The zero-order chi connectivity index (χ0) is 15.3. The van der Waals surface area contributed by atoms with Crippen molar-refractivity contribution in [3.05, 3.63) is 0 Å². The molecular weight excluding hydrogens is 262 g/mol. The molecule has 7 nitrogen and oxygen atoms in total. The summed E-state index contributed by atoms with van der Waals surface area (Å²) in [6.07, 6.45) is 0.880. The predicted molar refractivity (Wildman–Crippen MR) is 73.3 cm³/mol. The second-order valence-electron chi connectivity index (χ2n) is 5.62. The van der Waals surface area contributed by atoms with E-state index in [2.05, 4.69) is 10.6 Å². The van der Waals surface area contributed by atoms with Crippen molar-refractivity contribution in [1.29, 1.82) is 0 Å². The number of urea groups is 1. The lowest BCUT2D eigenvalue weighted by atomic mass is 9.98. The van der Waals surface area contributed by atoms with Crippen molar-refractivity contribution in [2.75, 3.05) is 13.1 Å². The predicted octanol–water partition coefficient (Wildman–Crippen LogP) is 0.550. The van der Waals surface area contributed by atoms with Crippen LogP contribution in [0.4, 0.5) is 4.79 Å². The van der Waals surface area contributed by atoms with Crippen LogP contribution in [-0.2, 0) is 9.59 Å². The lowest BCUT2D eigenvalue weighted by molar-refractivity contribution is -0.137. The fourth-order valence-electron chi connectivity index (χ4n) is 2.21. The van der Waals surface area contributed by atoms with E-state index in [-0.39, 0.29) is 18.4 Å². The van der Waals surface area contributed by atoms with Gasteiger partial charge in [-0.1, -0.05) is 6.92 Å². The van der Waals surface area contributed by atoms with Crippen molar-refractivity contribution in [3.8, 4) is 0 Å². The number of aliphatic carboxylic acids is 1. The highest BCUT2D eigenvalue weighted by molar-refractivity contribution is 5.88. The first-order valence-electron chi connectivity index (χ1n) is 6.85. The Balaban J connectivity index is 2.64. The van der Waals surface area contributed by atoms with Crippen LogP contribution in [0.2, 0.25) is 0 Å². The Morgan fingerprint density at radius 1 is 1.50 bits per heavy atom. The molecule has 20 heavy (non-hydrogen) atoms. The number of nitrogens with zero attached hydrogens (tertiary/aromatic N) is 1. The van der Waals surface area contributed by atoms with Crippen LogP contribution in [0.25, 0.3) is 0 Å². The van der Waals surface area contributed by atoms with Crippen molar-refractivity contribution in [3.63, 3.8) is 0 Å². The lowest BCUT2D eigenvalue weighted by Gasteiger charge is -2.37. The van der Waals surface area contributed by atoms with E-state index in [1.54, 1.807) is 13.8 Å². The molecule has 1 aliphatic rings. The molecule has 114 valence electrons. The monoisotopic (exact) mass is 285 g/mol. The highest BCUT2D eigenvalue weighted by atomic mass is 16.4. The first-order valence-corrected chi connectivity index (χ1v) is 6.85. The maximum Gasteiger partial charge on any atom is 0.318 e. The van der Waals surface area contributed by atoms with Crippen molar-refractivity contribution in [1.82, 2.24) is 15.5 Å². The van der Waals surface area contributed by atoms with Crippen LogP contribution in [0.15, 0.2) is 0 Å². The molecule has 0 aromatic heterocycles. The number of hydrogen-bond donors (Lipinski definition) is 3. The molecule has 0 spiro atoms. The molecule has 1 saturated heterocycles. The Labute approximate surface area is 118 Å². The van der Waals surface area contributed by atoms with Gasteiger partial charge in [0.25, 0.3) is 0 Å². The van der Waals surface area contributed by atoms with Crippen molar-refractivity contribution >= 4 is 17.9 Å². The van der Waals surface area contributed by atoms with Gasteiger partial charge < -0.3 is 20.6 Å². The second kappa shape index (κ2) is 6.58. The van der Waals surface area contributed by atoms with E-state index in [9.17, 15) is 14.4 Å². The van der Waals surface area contributed by atoms with Gasteiger partial charge in [-0.05, 0) is 26.7 Å². The summed E-state index contributed by atoms with van der Waals surface area (Å²) < 4.78 is 0. The normalized spacial score (nSPS) is 19.4. The van der Waals surface area contributed by atoms with Gasteiger partial charge in [-0.15, -0.1) is 0 Å². The Kier molecular flexibility index (Phi) is 5.35. The van der Waals surface area contributed by atoms with Gasteiger partial charge in [-0.25, -0.2) is 4.79 Å². The first kappa shape index (κ1) is 16.3. The molecule has 3 amide bonds. The minimum atomic E-state index is -0.892. The van der Waals surface area contributed by atoms with Crippen LogP contribution in [-0.4, -0.2) is 52.6 Å². The minimum Gasteiger partial charge on any atom is -0.481 e. The van der Waals surface area contributed by atoms with E-state index in [1.165, 1.54) is 4.90 Å². The fourth-order valence-corrected chi connectivity index (χ4v) is 2.21. The number of piperazine rings is 1. The van der Waals surface area contributed by atoms with Crippen LogP contribution in [0.5, 0.6) is 0 Å². The summed E-state index contributed by atoms with van der Waals surface area (Å²) >= 11 is 0. The number of rotatable bonds is 5.